The molecule has 1 heteroatoms. The van der Waals surface area contributed by atoms with Crippen molar-refractivity contribution in [1.29, 1.82) is 0 Å². The fraction of sp³-hybridized carbons (Fsp3) is 1.00. The SMILES string of the molecule is CC[PH](CC)(CC)C(C)C. The Bertz CT molecular complexity index is 74.5. The van der Waals surface area contributed by atoms with Crippen molar-refractivity contribution in [1.82, 2.24) is 0 Å². The Morgan fingerprint density at radius 3 is 1.20 bits per heavy atom. The molecule has 0 saturated heterocycles. The maximum atomic E-state index is 2.41. The molecule has 0 fully saturated rings. The third kappa shape index (κ3) is 1.95. The van der Waals surface area contributed by atoms with Crippen molar-refractivity contribution in [2.24, 2.45) is 0 Å². The fourth-order valence-electron chi connectivity index (χ4n) is 1.97. The summed E-state index contributed by atoms with van der Waals surface area (Å²) in [6, 6.07) is 0. The average Bonchev–Trinajstić information content (AvgIpc) is 1.92. The van der Waals surface area contributed by atoms with E-state index in [0.29, 0.717) is 0 Å². The predicted molar refractivity (Wildman–Crippen MR) is 55.1 cm³/mol. The fourth-order valence-corrected chi connectivity index (χ4v) is 5.92. The first kappa shape index (κ1) is 10.4. The van der Waals surface area contributed by atoms with Crippen LogP contribution < -0.4 is 0 Å². The van der Waals surface area contributed by atoms with E-state index >= 15 is 0 Å². The quantitative estimate of drug-likeness (QED) is 0.557. The van der Waals surface area contributed by atoms with Gasteiger partial charge in [-0.1, -0.05) is 0 Å². The van der Waals surface area contributed by atoms with E-state index in [4.69, 9.17) is 0 Å². The first-order valence-electron chi connectivity index (χ1n) is 4.63. The Morgan fingerprint density at radius 1 is 0.900 bits per heavy atom. The van der Waals surface area contributed by atoms with Gasteiger partial charge in [-0.3, -0.25) is 0 Å². The second kappa shape index (κ2) is 4.34. The number of rotatable bonds is 4. The first-order chi connectivity index (χ1) is 4.63. The van der Waals surface area contributed by atoms with Crippen LogP contribution in [0, 0.1) is 0 Å². The average molecular weight is 162 g/mol. The van der Waals surface area contributed by atoms with Gasteiger partial charge in [-0.25, -0.2) is 0 Å². The Labute approximate surface area is 66.7 Å². The van der Waals surface area contributed by atoms with Crippen molar-refractivity contribution < 1.29 is 0 Å². The van der Waals surface area contributed by atoms with Gasteiger partial charge >= 0.3 is 66.0 Å². The summed E-state index contributed by atoms with van der Waals surface area (Å²) < 4.78 is 0. The summed E-state index contributed by atoms with van der Waals surface area (Å²) >= 11 is 0. The molecule has 0 aliphatic rings. The summed E-state index contributed by atoms with van der Waals surface area (Å²) in [5, 5.41) is 0. The van der Waals surface area contributed by atoms with E-state index in [-0.39, 0.29) is 0 Å². The molecule has 10 heavy (non-hydrogen) atoms. The summed E-state index contributed by atoms with van der Waals surface area (Å²) in [6.07, 6.45) is 4.41. The van der Waals surface area contributed by atoms with Gasteiger partial charge in [0, 0.05) is 0 Å². The van der Waals surface area contributed by atoms with Gasteiger partial charge in [0.2, 0.25) is 0 Å². The Balaban J connectivity index is 4.15. The van der Waals surface area contributed by atoms with E-state index in [9.17, 15) is 0 Å². The Hall–Kier alpha value is 0.430. The van der Waals surface area contributed by atoms with Crippen LogP contribution in [-0.4, -0.2) is 24.1 Å². The summed E-state index contributed by atoms with van der Waals surface area (Å²) in [5.41, 5.74) is 0.979. The van der Waals surface area contributed by atoms with Crippen LogP contribution in [0.4, 0.5) is 0 Å². The summed E-state index contributed by atoms with van der Waals surface area (Å²) in [7, 11) is -0.795. The van der Waals surface area contributed by atoms with Gasteiger partial charge in [0.05, 0.1) is 0 Å². The Morgan fingerprint density at radius 2 is 1.20 bits per heavy atom. The molecule has 0 N–H and O–H groups in total. The zero-order valence-corrected chi connectivity index (χ0v) is 9.20. The van der Waals surface area contributed by atoms with Gasteiger partial charge in [0.25, 0.3) is 0 Å². The number of hydrogen-bond acceptors (Lipinski definition) is 0. The van der Waals surface area contributed by atoms with Gasteiger partial charge < -0.3 is 0 Å². The molecule has 0 aromatic carbocycles. The normalized spacial score (nSPS) is 14.2. The summed E-state index contributed by atoms with van der Waals surface area (Å²) in [4.78, 5) is 0. The maximum absolute atomic E-state index is 2.41. The van der Waals surface area contributed by atoms with Crippen molar-refractivity contribution in [3.63, 3.8) is 0 Å². The van der Waals surface area contributed by atoms with Crippen LogP contribution in [-0.2, 0) is 0 Å². The van der Waals surface area contributed by atoms with E-state index in [1.54, 1.807) is 0 Å². The molecule has 0 amide bonds. The van der Waals surface area contributed by atoms with Crippen LogP contribution in [0.2, 0.25) is 0 Å². The third-order valence-electron chi connectivity index (χ3n) is 3.34. The molecule has 64 valence electrons. The van der Waals surface area contributed by atoms with E-state index in [2.05, 4.69) is 34.6 Å². The molecule has 0 nitrogen and oxygen atoms in total. The second-order valence-electron chi connectivity index (χ2n) is 3.58. The van der Waals surface area contributed by atoms with Crippen molar-refractivity contribution >= 4 is 7.26 Å². The standard InChI is InChI=1S/C9H23P/c1-6-10(7-2,8-3)9(4)5/h9-10H,6-8H2,1-5H3. The minimum absolute atomic E-state index is 0.795. The molecule has 0 aliphatic heterocycles. The van der Waals surface area contributed by atoms with Crippen LogP contribution in [0.25, 0.3) is 0 Å². The molecule has 0 unspecified atom stereocenters. The molecule has 0 spiro atoms. The molecule has 0 aromatic heterocycles. The molecular weight excluding hydrogens is 139 g/mol. The molecular formula is C9H23P. The van der Waals surface area contributed by atoms with E-state index in [0.717, 1.165) is 5.66 Å². The molecule has 0 saturated carbocycles. The molecule has 0 bridgehead atoms. The van der Waals surface area contributed by atoms with Gasteiger partial charge in [0.1, 0.15) is 0 Å². The molecule has 0 rings (SSSR count). The topological polar surface area (TPSA) is 0 Å². The number of hydrogen-bond donors (Lipinski definition) is 0. The second-order valence-corrected chi connectivity index (χ2v) is 9.58. The van der Waals surface area contributed by atoms with E-state index < -0.39 is 7.26 Å². The third-order valence-corrected chi connectivity index (χ3v) is 10.0. The molecule has 0 radical (unpaired) electrons. The van der Waals surface area contributed by atoms with Gasteiger partial charge in [0.15, 0.2) is 0 Å². The monoisotopic (exact) mass is 162 g/mol. The van der Waals surface area contributed by atoms with Gasteiger partial charge in [-0.2, -0.15) is 0 Å². The van der Waals surface area contributed by atoms with Crippen molar-refractivity contribution in [2.75, 3.05) is 18.5 Å². The summed E-state index contributed by atoms with van der Waals surface area (Å²) in [5.74, 6) is 0. The van der Waals surface area contributed by atoms with Crippen LogP contribution in [0.3, 0.4) is 0 Å². The molecule has 0 heterocycles. The minimum atomic E-state index is -0.795. The van der Waals surface area contributed by atoms with Crippen molar-refractivity contribution in [2.45, 2.75) is 40.3 Å². The zero-order chi connectivity index (χ0) is 8.20. The molecule has 0 aliphatic carbocycles. The van der Waals surface area contributed by atoms with Gasteiger partial charge in [-0.05, 0) is 0 Å². The summed E-state index contributed by atoms with van der Waals surface area (Å²) in [6.45, 7) is 11.9. The van der Waals surface area contributed by atoms with Crippen molar-refractivity contribution in [3.8, 4) is 0 Å². The predicted octanol–water partition coefficient (Wildman–Crippen LogP) is 3.20. The van der Waals surface area contributed by atoms with Crippen LogP contribution in [0.15, 0.2) is 0 Å². The van der Waals surface area contributed by atoms with E-state index in [1.165, 1.54) is 18.5 Å². The zero-order valence-electron chi connectivity index (χ0n) is 8.20. The van der Waals surface area contributed by atoms with Crippen molar-refractivity contribution in [3.05, 3.63) is 0 Å². The molecule has 0 atom stereocenters. The van der Waals surface area contributed by atoms with Gasteiger partial charge in [-0.15, -0.1) is 0 Å². The van der Waals surface area contributed by atoms with Crippen LogP contribution >= 0.6 is 7.26 Å². The van der Waals surface area contributed by atoms with Crippen LogP contribution in [0.1, 0.15) is 34.6 Å². The molecule has 0 aromatic rings. The Kier molecular flexibility index (Phi) is 4.52. The van der Waals surface area contributed by atoms with E-state index in [1.807, 2.05) is 0 Å². The first-order valence-corrected chi connectivity index (χ1v) is 7.32. The van der Waals surface area contributed by atoms with Crippen LogP contribution in [0.5, 0.6) is 0 Å².